The van der Waals surface area contributed by atoms with E-state index in [0.717, 1.165) is 0 Å². The minimum absolute atomic E-state index is 0.0175. The van der Waals surface area contributed by atoms with Crippen molar-refractivity contribution in [3.8, 4) is 0 Å². The molecule has 0 aliphatic carbocycles. The number of hydrogen-bond acceptors (Lipinski definition) is 2. The van der Waals surface area contributed by atoms with E-state index in [1.807, 2.05) is 19.9 Å². The second-order valence-electron chi connectivity index (χ2n) is 3.29. The second kappa shape index (κ2) is 6.02. The molecule has 2 N–H and O–H groups in total. The van der Waals surface area contributed by atoms with Crippen LogP contribution < -0.4 is 5.32 Å². The molecule has 0 radical (unpaired) electrons. The summed E-state index contributed by atoms with van der Waals surface area (Å²) in [6.45, 7) is 8.87. The van der Waals surface area contributed by atoms with Crippen LogP contribution in [-0.4, -0.2) is 11.0 Å². The summed E-state index contributed by atoms with van der Waals surface area (Å²) in [6, 6.07) is 0. The number of nitrogens with one attached hydrogen (secondary N) is 1. The van der Waals surface area contributed by atoms with Crippen LogP contribution in [0.2, 0.25) is 0 Å². The lowest BCUT2D eigenvalue weighted by Crippen LogP contribution is -2.19. The molecule has 3 nitrogen and oxygen atoms in total. The first kappa shape index (κ1) is 12.5. The van der Waals surface area contributed by atoms with Crippen molar-refractivity contribution in [1.29, 1.82) is 0 Å². The van der Waals surface area contributed by atoms with Gasteiger partial charge in [-0.1, -0.05) is 26.5 Å². The molecule has 0 saturated carbocycles. The first-order valence-corrected chi connectivity index (χ1v) is 4.48. The number of aliphatic hydroxyl groups excluding tert-OH is 1. The predicted octanol–water partition coefficient (Wildman–Crippen LogP) is 2.29. The molecule has 0 rings (SSSR count). The molecule has 0 fully saturated rings. The third kappa shape index (κ3) is 5.19. The molecule has 0 saturated heterocycles. The van der Waals surface area contributed by atoms with Gasteiger partial charge in [-0.15, -0.1) is 0 Å². The Morgan fingerprint density at radius 2 is 2.07 bits per heavy atom. The molecule has 0 aromatic rings. The maximum atomic E-state index is 10.7. The smallest absolute Gasteiger partial charge is 0.221 e. The number of carbonyl (C=O) groups is 1. The zero-order valence-electron chi connectivity index (χ0n) is 8.87. The average Bonchev–Trinajstić information content (AvgIpc) is 2.09. The van der Waals surface area contributed by atoms with Crippen LogP contribution in [0.5, 0.6) is 0 Å². The van der Waals surface area contributed by atoms with Crippen LogP contribution in [0, 0.1) is 5.92 Å². The van der Waals surface area contributed by atoms with E-state index in [9.17, 15) is 9.90 Å². The van der Waals surface area contributed by atoms with Gasteiger partial charge in [-0.3, -0.25) is 4.79 Å². The van der Waals surface area contributed by atoms with E-state index in [1.54, 1.807) is 6.08 Å². The molecular formula is C11H17NO2. The summed E-state index contributed by atoms with van der Waals surface area (Å²) in [4.78, 5) is 10.7. The lowest BCUT2D eigenvalue weighted by molar-refractivity contribution is -0.118. The van der Waals surface area contributed by atoms with Gasteiger partial charge in [0.2, 0.25) is 5.91 Å². The third-order valence-electron chi connectivity index (χ3n) is 1.43. The molecule has 1 amide bonds. The maximum absolute atomic E-state index is 10.7. The van der Waals surface area contributed by atoms with Crippen LogP contribution >= 0.6 is 0 Å². The van der Waals surface area contributed by atoms with Gasteiger partial charge in [0.15, 0.2) is 0 Å². The molecule has 0 spiro atoms. The number of rotatable bonds is 4. The summed E-state index contributed by atoms with van der Waals surface area (Å²) < 4.78 is 0. The molecule has 0 atom stereocenters. The first-order chi connectivity index (χ1) is 6.47. The van der Waals surface area contributed by atoms with Crippen LogP contribution in [0.4, 0.5) is 0 Å². The van der Waals surface area contributed by atoms with E-state index in [-0.39, 0.29) is 11.7 Å². The monoisotopic (exact) mass is 195 g/mol. The van der Waals surface area contributed by atoms with Crippen LogP contribution in [0.3, 0.4) is 0 Å². The molecule has 3 heteroatoms. The zero-order chi connectivity index (χ0) is 11.1. The van der Waals surface area contributed by atoms with Gasteiger partial charge in [0.1, 0.15) is 5.76 Å². The van der Waals surface area contributed by atoms with E-state index < -0.39 is 0 Å². The van der Waals surface area contributed by atoms with Crippen LogP contribution in [0.15, 0.2) is 36.3 Å². The molecule has 0 aliphatic rings. The van der Waals surface area contributed by atoms with E-state index >= 15 is 0 Å². The first-order valence-electron chi connectivity index (χ1n) is 4.48. The Morgan fingerprint density at radius 3 is 2.43 bits per heavy atom. The molecule has 0 bridgehead atoms. The molecule has 0 aromatic carbocycles. The number of carbonyl (C=O) groups excluding carboxylic acids is 1. The highest BCUT2D eigenvalue weighted by molar-refractivity contribution is 5.75. The summed E-state index contributed by atoms with van der Waals surface area (Å²) in [5, 5.41) is 12.0. The Hall–Kier alpha value is -1.51. The van der Waals surface area contributed by atoms with Crippen molar-refractivity contribution >= 4 is 5.91 Å². The average molecular weight is 195 g/mol. The van der Waals surface area contributed by atoms with Gasteiger partial charge in [0.25, 0.3) is 0 Å². The van der Waals surface area contributed by atoms with Crippen molar-refractivity contribution in [3.63, 3.8) is 0 Å². The molecule has 0 aromatic heterocycles. The summed E-state index contributed by atoms with van der Waals surface area (Å²) in [5.41, 5.74) is 0.328. The van der Waals surface area contributed by atoms with Crippen LogP contribution in [0.1, 0.15) is 20.8 Å². The van der Waals surface area contributed by atoms with Gasteiger partial charge in [-0.2, -0.15) is 0 Å². The third-order valence-corrected chi connectivity index (χ3v) is 1.43. The van der Waals surface area contributed by atoms with E-state index in [1.165, 1.54) is 13.0 Å². The largest absolute Gasteiger partial charge is 0.506 e. The Balaban J connectivity index is 4.66. The van der Waals surface area contributed by atoms with Gasteiger partial charge in [-0.05, 0) is 18.1 Å². The van der Waals surface area contributed by atoms with Crippen molar-refractivity contribution in [3.05, 3.63) is 36.3 Å². The van der Waals surface area contributed by atoms with Crippen molar-refractivity contribution in [2.24, 2.45) is 5.92 Å². The van der Waals surface area contributed by atoms with Crippen molar-refractivity contribution in [2.45, 2.75) is 20.8 Å². The highest BCUT2D eigenvalue weighted by atomic mass is 16.3. The SMILES string of the molecule is C=C/C(NC(C)=O)=C(O)\C=C/C(C)C. The normalized spacial score (nSPS) is 12.9. The number of amides is 1. The molecule has 78 valence electrons. The van der Waals surface area contributed by atoms with Crippen molar-refractivity contribution < 1.29 is 9.90 Å². The molecule has 0 aliphatic heterocycles. The lowest BCUT2D eigenvalue weighted by atomic mass is 10.2. The molecule has 14 heavy (non-hydrogen) atoms. The minimum atomic E-state index is -0.232. The number of allylic oxidation sites excluding steroid dienone is 3. The minimum Gasteiger partial charge on any atom is -0.506 e. The Labute approximate surface area is 84.8 Å². The fraction of sp³-hybridized carbons (Fsp3) is 0.364. The summed E-state index contributed by atoms with van der Waals surface area (Å²) in [7, 11) is 0. The quantitative estimate of drug-likeness (QED) is 0.534. The van der Waals surface area contributed by atoms with Gasteiger partial charge in [-0.25, -0.2) is 0 Å². The Kier molecular flexibility index (Phi) is 5.37. The molecule has 0 heterocycles. The van der Waals surface area contributed by atoms with E-state index in [4.69, 9.17) is 0 Å². The lowest BCUT2D eigenvalue weighted by Gasteiger charge is -2.04. The maximum Gasteiger partial charge on any atom is 0.221 e. The Morgan fingerprint density at radius 1 is 1.50 bits per heavy atom. The van der Waals surface area contributed by atoms with Gasteiger partial charge >= 0.3 is 0 Å². The predicted molar refractivity (Wildman–Crippen MR) is 57.6 cm³/mol. The van der Waals surface area contributed by atoms with Crippen LogP contribution in [0.25, 0.3) is 0 Å². The molecular weight excluding hydrogens is 178 g/mol. The fourth-order valence-corrected chi connectivity index (χ4v) is 0.783. The van der Waals surface area contributed by atoms with Gasteiger partial charge in [0.05, 0.1) is 5.70 Å². The summed E-state index contributed by atoms with van der Waals surface area (Å²) in [5.74, 6) is 0.133. The number of hydrogen-bond donors (Lipinski definition) is 2. The summed E-state index contributed by atoms with van der Waals surface area (Å²) >= 11 is 0. The highest BCUT2D eigenvalue weighted by Gasteiger charge is 2.00. The topological polar surface area (TPSA) is 49.3 Å². The van der Waals surface area contributed by atoms with E-state index in [2.05, 4.69) is 11.9 Å². The zero-order valence-corrected chi connectivity index (χ0v) is 8.87. The fourth-order valence-electron chi connectivity index (χ4n) is 0.783. The number of aliphatic hydroxyl groups is 1. The molecule has 0 unspecified atom stereocenters. The van der Waals surface area contributed by atoms with Crippen molar-refractivity contribution in [2.75, 3.05) is 0 Å². The standard InChI is InChI=1S/C11H17NO2/c1-5-10(12-9(4)13)11(14)7-6-8(2)3/h5-8,14H,1H2,2-4H3,(H,12,13)/b7-6-,11-10-. The van der Waals surface area contributed by atoms with Gasteiger partial charge < -0.3 is 10.4 Å². The van der Waals surface area contributed by atoms with Gasteiger partial charge in [0, 0.05) is 6.92 Å². The van der Waals surface area contributed by atoms with Crippen molar-refractivity contribution in [1.82, 2.24) is 5.32 Å². The highest BCUT2D eigenvalue weighted by Crippen LogP contribution is 2.03. The second-order valence-corrected chi connectivity index (χ2v) is 3.29. The van der Waals surface area contributed by atoms with Crippen LogP contribution in [-0.2, 0) is 4.79 Å². The summed E-state index contributed by atoms with van der Waals surface area (Å²) in [6.07, 6.45) is 4.79. The van der Waals surface area contributed by atoms with E-state index in [0.29, 0.717) is 11.6 Å². The Bertz CT molecular complexity index is 275.